The molecule has 2 heterocycles. The number of hydrogen-bond donors (Lipinski definition) is 1. The molecule has 0 saturated carbocycles. The maximum atomic E-state index is 12.7. The molecule has 8 nitrogen and oxygen atoms in total. The van der Waals surface area contributed by atoms with Gasteiger partial charge in [0, 0.05) is 4.88 Å². The number of anilines is 1. The number of ether oxygens (including phenoxy) is 2. The van der Waals surface area contributed by atoms with Crippen LogP contribution >= 0.6 is 11.3 Å². The zero-order valence-electron chi connectivity index (χ0n) is 17.8. The van der Waals surface area contributed by atoms with Crippen LogP contribution in [0.4, 0.5) is 5.00 Å². The molecule has 168 valence electrons. The van der Waals surface area contributed by atoms with Gasteiger partial charge in [-0.1, -0.05) is 18.9 Å². The summed E-state index contributed by atoms with van der Waals surface area (Å²) in [6.45, 7) is 1.51. The summed E-state index contributed by atoms with van der Waals surface area (Å²) in [5, 5.41) is 3.21. The van der Waals surface area contributed by atoms with E-state index in [-0.39, 0.29) is 12.2 Å². The van der Waals surface area contributed by atoms with E-state index in [1.165, 1.54) is 17.7 Å². The van der Waals surface area contributed by atoms with E-state index in [0.29, 0.717) is 21.7 Å². The summed E-state index contributed by atoms with van der Waals surface area (Å²) < 4.78 is 15.6. The predicted molar refractivity (Wildman–Crippen MR) is 119 cm³/mol. The minimum Gasteiger partial charge on any atom is -0.462 e. The summed E-state index contributed by atoms with van der Waals surface area (Å²) in [7, 11) is 0. The Hall–Kier alpha value is -3.20. The quantitative estimate of drug-likeness (QED) is 0.543. The monoisotopic (exact) mass is 456 g/mol. The molecule has 1 amide bonds. The van der Waals surface area contributed by atoms with E-state index in [9.17, 15) is 14.4 Å². The summed E-state index contributed by atoms with van der Waals surface area (Å²) in [5.41, 5.74) is 2.45. The average Bonchev–Trinajstić information content (AvgIpc) is 3.36. The molecule has 3 aromatic rings. The fraction of sp³-hybridized carbons (Fsp3) is 0.391. The molecule has 0 fully saturated rings. The topological polar surface area (TPSA) is 108 Å². The van der Waals surface area contributed by atoms with E-state index in [4.69, 9.17) is 13.9 Å². The van der Waals surface area contributed by atoms with Gasteiger partial charge in [-0.3, -0.25) is 4.79 Å². The average molecular weight is 457 g/mol. The minimum absolute atomic E-state index is 0.218. The molecule has 1 N–H and O–H groups in total. The van der Waals surface area contributed by atoms with Crippen molar-refractivity contribution in [2.45, 2.75) is 45.4 Å². The zero-order chi connectivity index (χ0) is 22.5. The first-order chi connectivity index (χ1) is 15.6. The molecule has 0 spiro atoms. The number of carbonyl (C=O) groups excluding carboxylic acids is 3. The molecule has 4 rings (SSSR count). The maximum Gasteiger partial charge on any atom is 0.341 e. The molecule has 0 saturated heterocycles. The molecule has 0 unspecified atom stereocenters. The van der Waals surface area contributed by atoms with Gasteiger partial charge < -0.3 is 19.2 Å². The zero-order valence-corrected chi connectivity index (χ0v) is 18.6. The van der Waals surface area contributed by atoms with Crippen molar-refractivity contribution in [2.75, 3.05) is 18.5 Å². The van der Waals surface area contributed by atoms with Crippen LogP contribution < -0.4 is 5.32 Å². The van der Waals surface area contributed by atoms with Crippen LogP contribution in [0.5, 0.6) is 0 Å². The lowest BCUT2D eigenvalue weighted by Crippen LogP contribution is -2.22. The number of oxazole rings is 1. The highest BCUT2D eigenvalue weighted by molar-refractivity contribution is 7.17. The summed E-state index contributed by atoms with van der Waals surface area (Å²) in [6.07, 6.45) is 7.22. The first kappa shape index (κ1) is 22.0. The van der Waals surface area contributed by atoms with Gasteiger partial charge in [0.1, 0.15) is 10.5 Å². The van der Waals surface area contributed by atoms with E-state index in [0.717, 1.165) is 49.0 Å². The number of benzene rings is 1. The number of amides is 1. The van der Waals surface area contributed by atoms with E-state index < -0.39 is 24.5 Å². The van der Waals surface area contributed by atoms with Crippen LogP contribution in [-0.4, -0.2) is 36.0 Å². The maximum absolute atomic E-state index is 12.7. The Morgan fingerprint density at radius 1 is 1.09 bits per heavy atom. The molecule has 0 radical (unpaired) electrons. The number of aromatic nitrogens is 1. The Morgan fingerprint density at radius 3 is 2.72 bits per heavy atom. The van der Waals surface area contributed by atoms with Crippen molar-refractivity contribution in [3.63, 3.8) is 0 Å². The highest BCUT2D eigenvalue weighted by atomic mass is 32.1. The van der Waals surface area contributed by atoms with Gasteiger partial charge in [-0.05, 0) is 50.3 Å². The molecule has 1 aromatic carbocycles. The Balaban J connectivity index is 1.48. The smallest absolute Gasteiger partial charge is 0.341 e. The summed E-state index contributed by atoms with van der Waals surface area (Å²) in [6, 6.07) is 4.89. The second-order valence-electron chi connectivity index (χ2n) is 7.47. The summed E-state index contributed by atoms with van der Waals surface area (Å²) in [5.74, 6) is -1.63. The number of esters is 2. The molecule has 9 heteroatoms. The third-order valence-electron chi connectivity index (χ3n) is 5.32. The van der Waals surface area contributed by atoms with Crippen LogP contribution in [0.1, 0.15) is 63.8 Å². The molecular weight excluding hydrogens is 432 g/mol. The van der Waals surface area contributed by atoms with Crippen molar-refractivity contribution in [3.05, 3.63) is 46.2 Å². The standard InChI is InChI=1S/C23H24N2O6S/c1-2-29-23(28)19-14-8-5-3-4-6-11-17(14)32-21(19)25-18(26)12-30-22(27)15-9-7-10-16-20(15)24-13-31-16/h7,9-10,13H,2-6,8,11-12H2,1H3,(H,25,26). The number of aryl methyl sites for hydroxylation is 1. The largest absolute Gasteiger partial charge is 0.462 e. The number of nitrogens with one attached hydrogen (secondary N) is 1. The normalized spacial score (nSPS) is 13.7. The van der Waals surface area contributed by atoms with Gasteiger partial charge in [-0.25, -0.2) is 14.6 Å². The van der Waals surface area contributed by atoms with Gasteiger partial charge in [0.25, 0.3) is 5.91 Å². The number of carbonyl (C=O) groups is 3. The lowest BCUT2D eigenvalue weighted by atomic mass is 9.96. The number of hydrogen-bond acceptors (Lipinski definition) is 8. The third-order valence-corrected chi connectivity index (χ3v) is 6.53. The number of nitrogens with zero attached hydrogens (tertiary/aromatic N) is 1. The van der Waals surface area contributed by atoms with Gasteiger partial charge in [0.2, 0.25) is 0 Å². The van der Waals surface area contributed by atoms with Gasteiger partial charge in [0.15, 0.2) is 18.6 Å². The molecular formula is C23H24N2O6S. The molecule has 1 aliphatic rings. The van der Waals surface area contributed by atoms with Crippen molar-refractivity contribution in [1.29, 1.82) is 0 Å². The number of fused-ring (bicyclic) bond motifs is 2. The van der Waals surface area contributed by atoms with Crippen LogP contribution in [0.25, 0.3) is 11.1 Å². The molecule has 2 aromatic heterocycles. The van der Waals surface area contributed by atoms with E-state index in [1.54, 1.807) is 25.1 Å². The second-order valence-corrected chi connectivity index (χ2v) is 8.58. The van der Waals surface area contributed by atoms with E-state index in [2.05, 4.69) is 10.3 Å². The first-order valence-electron chi connectivity index (χ1n) is 10.7. The fourth-order valence-electron chi connectivity index (χ4n) is 3.85. The molecule has 32 heavy (non-hydrogen) atoms. The van der Waals surface area contributed by atoms with E-state index in [1.807, 2.05) is 0 Å². The fourth-order valence-corrected chi connectivity index (χ4v) is 5.14. The van der Waals surface area contributed by atoms with Gasteiger partial charge >= 0.3 is 11.9 Å². The molecule has 0 bridgehead atoms. The number of para-hydroxylation sites is 1. The van der Waals surface area contributed by atoms with Crippen LogP contribution in [0.3, 0.4) is 0 Å². The van der Waals surface area contributed by atoms with Crippen molar-refractivity contribution in [1.82, 2.24) is 4.98 Å². The number of thiophene rings is 1. The molecule has 1 aliphatic carbocycles. The SMILES string of the molecule is CCOC(=O)c1c(NC(=O)COC(=O)c2cccc3ocnc23)sc2c1CCCCCC2. The minimum atomic E-state index is -0.677. The van der Waals surface area contributed by atoms with Crippen LogP contribution in [0, 0.1) is 0 Å². The summed E-state index contributed by atoms with van der Waals surface area (Å²) in [4.78, 5) is 42.8. The lowest BCUT2D eigenvalue weighted by molar-refractivity contribution is -0.119. The lowest BCUT2D eigenvalue weighted by Gasteiger charge is -2.11. The Labute approximate surface area is 188 Å². The van der Waals surface area contributed by atoms with Gasteiger partial charge in [-0.2, -0.15) is 0 Å². The highest BCUT2D eigenvalue weighted by Crippen LogP contribution is 2.37. The Kier molecular flexibility index (Phi) is 6.84. The molecule has 0 aliphatic heterocycles. The van der Waals surface area contributed by atoms with Gasteiger partial charge in [0.05, 0.1) is 17.7 Å². The van der Waals surface area contributed by atoms with Crippen LogP contribution in [-0.2, 0) is 27.1 Å². The first-order valence-corrected chi connectivity index (χ1v) is 11.5. The van der Waals surface area contributed by atoms with Crippen LogP contribution in [0.15, 0.2) is 29.0 Å². The highest BCUT2D eigenvalue weighted by Gasteiger charge is 2.26. The van der Waals surface area contributed by atoms with Crippen molar-refractivity contribution in [2.24, 2.45) is 0 Å². The summed E-state index contributed by atoms with van der Waals surface area (Å²) >= 11 is 1.41. The van der Waals surface area contributed by atoms with Gasteiger partial charge in [-0.15, -0.1) is 11.3 Å². The van der Waals surface area contributed by atoms with Crippen molar-refractivity contribution >= 4 is 45.3 Å². The predicted octanol–water partition coefficient (Wildman–Crippen LogP) is 4.52. The van der Waals surface area contributed by atoms with E-state index >= 15 is 0 Å². The Morgan fingerprint density at radius 2 is 1.91 bits per heavy atom. The van der Waals surface area contributed by atoms with Crippen LogP contribution in [0.2, 0.25) is 0 Å². The number of rotatable bonds is 6. The van der Waals surface area contributed by atoms with Crippen molar-refractivity contribution < 1.29 is 28.3 Å². The molecule has 0 atom stereocenters. The van der Waals surface area contributed by atoms with Crippen molar-refractivity contribution in [3.8, 4) is 0 Å². The second kappa shape index (κ2) is 9.95. The third kappa shape index (κ3) is 4.67. The Bertz CT molecular complexity index is 1150.